The van der Waals surface area contributed by atoms with E-state index in [4.69, 9.17) is 5.11 Å². The zero-order valence-electron chi connectivity index (χ0n) is 10.6. The van der Waals surface area contributed by atoms with Crippen molar-refractivity contribution >= 4 is 15.7 Å². The fraction of sp³-hybridized carbons (Fsp3) is 0.455. The molecule has 1 aromatic carbocycles. The Labute approximate surface area is 110 Å². The summed E-state index contributed by atoms with van der Waals surface area (Å²) >= 11 is 0. The normalized spacial score (nSPS) is 12.7. The summed E-state index contributed by atoms with van der Waals surface area (Å²) in [4.78, 5) is -0.0891. The molecule has 0 bridgehead atoms. The van der Waals surface area contributed by atoms with Gasteiger partial charge in [-0.1, -0.05) is 12.1 Å². The Kier molecular flexibility index (Phi) is 4.83. The zero-order valence-corrected chi connectivity index (χ0v) is 11.4. The van der Waals surface area contributed by atoms with Crippen LogP contribution in [0.3, 0.4) is 0 Å². The van der Waals surface area contributed by atoms with Crippen LogP contribution in [0.5, 0.6) is 0 Å². The van der Waals surface area contributed by atoms with Crippen LogP contribution in [0.2, 0.25) is 0 Å². The molecule has 0 unspecified atom stereocenters. The van der Waals surface area contributed by atoms with Gasteiger partial charge in [-0.05, 0) is 12.1 Å². The fourth-order valence-electron chi connectivity index (χ4n) is 1.31. The van der Waals surface area contributed by atoms with Crippen LogP contribution in [0.25, 0.3) is 0 Å². The van der Waals surface area contributed by atoms with Crippen LogP contribution in [0.15, 0.2) is 29.2 Å². The molecular weight excluding hydrogens is 278 g/mol. The third-order valence-electron chi connectivity index (χ3n) is 2.41. The molecule has 2 N–H and O–H groups in total. The highest BCUT2D eigenvalue weighted by molar-refractivity contribution is 7.89. The van der Waals surface area contributed by atoms with Gasteiger partial charge in [-0.25, -0.2) is 21.5 Å². The van der Waals surface area contributed by atoms with E-state index in [1.165, 1.54) is 38.4 Å². The summed E-state index contributed by atoms with van der Waals surface area (Å²) < 4.78 is 50.9. The van der Waals surface area contributed by atoms with Gasteiger partial charge in [0.2, 0.25) is 10.0 Å². The summed E-state index contributed by atoms with van der Waals surface area (Å²) in [7, 11) is -1.01. The molecule has 1 rings (SSSR count). The van der Waals surface area contributed by atoms with E-state index in [9.17, 15) is 17.2 Å². The molecule has 0 aliphatic heterocycles. The summed E-state index contributed by atoms with van der Waals surface area (Å²) in [6.45, 7) is -2.15. The quantitative estimate of drug-likeness (QED) is 0.820. The van der Waals surface area contributed by atoms with Crippen LogP contribution < -0.4 is 5.32 Å². The summed E-state index contributed by atoms with van der Waals surface area (Å²) in [6.07, 6.45) is 0. The highest BCUT2D eigenvalue weighted by Crippen LogP contribution is 2.24. The van der Waals surface area contributed by atoms with Gasteiger partial charge in [0.1, 0.15) is 11.5 Å². The van der Waals surface area contributed by atoms with Gasteiger partial charge < -0.3 is 10.4 Å². The van der Waals surface area contributed by atoms with E-state index < -0.39 is 29.1 Å². The van der Waals surface area contributed by atoms with Gasteiger partial charge in [0.15, 0.2) is 0 Å². The second-order valence-corrected chi connectivity index (χ2v) is 6.27. The largest absolute Gasteiger partial charge is 0.390 e. The summed E-state index contributed by atoms with van der Waals surface area (Å²) in [5.74, 6) is -3.31. The second kappa shape index (κ2) is 5.81. The number of hydrogen-bond donors (Lipinski definition) is 2. The number of aliphatic hydroxyl groups excluding tert-OH is 1. The number of anilines is 1. The van der Waals surface area contributed by atoms with Crippen LogP contribution in [0, 0.1) is 0 Å². The molecule has 19 heavy (non-hydrogen) atoms. The zero-order chi connectivity index (χ0) is 14.7. The first-order chi connectivity index (χ1) is 8.70. The lowest BCUT2D eigenvalue weighted by molar-refractivity contribution is -0.0373. The van der Waals surface area contributed by atoms with E-state index in [0.29, 0.717) is 0 Å². The van der Waals surface area contributed by atoms with Crippen molar-refractivity contribution in [3.8, 4) is 0 Å². The van der Waals surface area contributed by atoms with Crippen molar-refractivity contribution in [1.82, 2.24) is 4.31 Å². The second-order valence-electron chi connectivity index (χ2n) is 4.15. The minimum atomic E-state index is -3.72. The van der Waals surface area contributed by atoms with Gasteiger partial charge in [0.05, 0.1) is 12.2 Å². The molecule has 5 nitrogen and oxygen atoms in total. The minimum absolute atomic E-state index is 0.0734. The van der Waals surface area contributed by atoms with Gasteiger partial charge in [0.25, 0.3) is 5.92 Å². The highest BCUT2D eigenvalue weighted by atomic mass is 32.2. The van der Waals surface area contributed by atoms with E-state index in [1.807, 2.05) is 0 Å². The first-order valence-corrected chi connectivity index (χ1v) is 6.89. The van der Waals surface area contributed by atoms with Crippen molar-refractivity contribution < 1.29 is 22.3 Å². The molecule has 0 heterocycles. The van der Waals surface area contributed by atoms with Crippen LogP contribution in [0.4, 0.5) is 14.5 Å². The topological polar surface area (TPSA) is 69.6 Å². The van der Waals surface area contributed by atoms with Gasteiger partial charge in [0, 0.05) is 14.1 Å². The van der Waals surface area contributed by atoms with Crippen molar-refractivity contribution in [2.24, 2.45) is 0 Å². The summed E-state index contributed by atoms with van der Waals surface area (Å²) in [5, 5.41) is 10.8. The molecular formula is C11H16F2N2O3S. The lowest BCUT2D eigenvalue weighted by Gasteiger charge is -2.18. The fourth-order valence-corrected chi connectivity index (χ4v) is 2.38. The lowest BCUT2D eigenvalue weighted by atomic mass is 10.3. The van der Waals surface area contributed by atoms with E-state index in [-0.39, 0.29) is 10.6 Å². The van der Waals surface area contributed by atoms with Crippen molar-refractivity contribution in [2.45, 2.75) is 10.8 Å². The molecule has 0 saturated carbocycles. The van der Waals surface area contributed by atoms with Crippen LogP contribution in [-0.4, -0.2) is 51.0 Å². The van der Waals surface area contributed by atoms with Gasteiger partial charge in [-0.3, -0.25) is 0 Å². The number of para-hydroxylation sites is 1. The molecule has 0 atom stereocenters. The number of alkyl halides is 2. The summed E-state index contributed by atoms with van der Waals surface area (Å²) in [6, 6.07) is 5.76. The molecule has 108 valence electrons. The van der Waals surface area contributed by atoms with Crippen molar-refractivity contribution in [1.29, 1.82) is 0 Å². The van der Waals surface area contributed by atoms with E-state index >= 15 is 0 Å². The Bertz CT molecular complexity index is 532. The molecule has 0 radical (unpaired) electrons. The Morgan fingerprint density at radius 2 is 1.89 bits per heavy atom. The van der Waals surface area contributed by atoms with E-state index in [1.54, 1.807) is 0 Å². The van der Waals surface area contributed by atoms with Crippen molar-refractivity contribution in [2.75, 3.05) is 32.6 Å². The molecule has 0 aliphatic carbocycles. The Balaban J connectivity index is 3.05. The number of benzene rings is 1. The number of hydrogen-bond acceptors (Lipinski definition) is 4. The number of aliphatic hydroxyl groups is 1. The van der Waals surface area contributed by atoms with Gasteiger partial charge >= 0.3 is 0 Å². The number of sulfonamides is 1. The average molecular weight is 294 g/mol. The Hall–Kier alpha value is -1.25. The number of halogens is 2. The van der Waals surface area contributed by atoms with Crippen molar-refractivity contribution in [3.63, 3.8) is 0 Å². The average Bonchev–Trinajstić information content (AvgIpc) is 2.36. The SMILES string of the molecule is CN(C)S(=O)(=O)c1ccccc1NCC(F)(F)CO. The molecule has 0 saturated heterocycles. The lowest BCUT2D eigenvalue weighted by Crippen LogP contribution is -2.32. The molecule has 8 heteroatoms. The molecule has 0 spiro atoms. The van der Waals surface area contributed by atoms with E-state index in [2.05, 4.69) is 5.32 Å². The standard InChI is InChI=1S/C11H16F2N2O3S/c1-15(2)19(17,18)10-6-4-3-5-9(10)14-7-11(12,13)8-16/h3-6,14,16H,7-8H2,1-2H3. The number of nitrogens with zero attached hydrogens (tertiary/aromatic N) is 1. The predicted octanol–water partition coefficient (Wildman–Crippen LogP) is 0.976. The van der Waals surface area contributed by atoms with E-state index in [0.717, 1.165) is 4.31 Å². The Morgan fingerprint density at radius 1 is 1.32 bits per heavy atom. The molecule has 0 aromatic heterocycles. The van der Waals surface area contributed by atoms with Gasteiger partial charge in [-0.2, -0.15) is 0 Å². The number of nitrogens with one attached hydrogen (secondary N) is 1. The van der Waals surface area contributed by atoms with Crippen LogP contribution >= 0.6 is 0 Å². The smallest absolute Gasteiger partial charge is 0.287 e. The summed E-state index contributed by atoms with van der Waals surface area (Å²) in [5.41, 5.74) is 0.0734. The maximum atomic E-state index is 13.0. The first kappa shape index (κ1) is 15.8. The highest BCUT2D eigenvalue weighted by Gasteiger charge is 2.28. The maximum absolute atomic E-state index is 13.0. The monoisotopic (exact) mass is 294 g/mol. The Morgan fingerprint density at radius 3 is 2.42 bits per heavy atom. The maximum Gasteiger partial charge on any atom is 0.287 e. The number of rotatable bonds is 6. The third kappa shape index (κ3) is 3.85. The first-order valence-electron chi connectivity index (χ1n) is 5.45. The third-order valence-corrected chi connectivity index (χ3v) is 4.29. The van der Waals surface area contributed by atoms with Crippen LogP contribution in [-0.2, 0) is 10.0 Å². The predicted molar refractivity (Wildman–Crippen MR) is 67.8 cm³/mol. The molecule has 0 aliphatic rings. The molecule has 0 fully saturated rings. The van der Waals surface area contributed by atoms with Crippen molar-refractivity contribution in [3.05, 3.63) is 24.3 Å². The molecule has 0 amide bonds. The van der Waals surface area contributed by atoms with Gasteiger partial charge in [-0.15, -0.1) is 0 Å². The minimum Gasteiger partial charge on any atom is -0.390 e. The van der Waals surface area contributed by atoms with Crippen LogP contribution in [0.1, 0.15) is 0 Å². The molecule has 1 aromatic rings.